The summed E-state index contributed by atoms with van der Waals surface area (Å²) in [7, 11) is 0. The fourth-order valence-electron chi connectivity index (χ4n) is 0.766. The Morgan fingerprint density at radius 1 is 1.15 bits per heavy atom. The summed E-state index contributed by atoms with van der Waals surface area (Å²) in [5, 5.41) is 0. The Labute approximate surface area is 83.9 Å². The maximum Gasteiger partial charge on any atom is 0.108 e. The van der Waals surface area contributed by atoms with Crippen molar-refractivity contribution in [3.63, 3.8) is 0 Å². The molecule has 0 fully saturated rings. The molecular formula is C12H27F. The van der Waals surface area contributed by atoms with E-state index in [0.717, 1.165) is 6.42 Å². The molecule has 0 bridgehead atoms. The zero-order chi connectivity index (χ0) is 10.9. The standard InChI is InChI=1S/C9H19F.C3H8/c1-5-9(4,10)7-6-8(2)3;1-3-2/h8H,5-7H2,1-4H3;3H2,1-2H3. The molecule has 0 N–H and O–H groups in total. The highest BCUT2D eigenvalue weighted by Crippen LogP contribution is 2.23. The summed E-state index contributed by atoms with van der Waals surface area (Å²) < 4.78 is 13.2. The summed E-state index contributed by atoms with van der Waals surface area (Å²) in [5.74, 6) is 0.627. The fraction of sp³-hybridized carbons (Fsp3) is 1.00. The van der Waals surface area contributed by atoms with Gasteiger partial charge in [-0.3, -0.25) is 0 Å². The molecule has 0 saturated carbocycles. The Hall–Kier alpha value is -0.0700. The Balaban J connectivity index is 0. The van der Waals surface area contributed by atoms with Gasteiger partial charge in [0.1, 0.15) is 5.67 Å². The van der Waals surface area contributed by atoms with E-state index < -0.39 is 5.67 Å². The van der Waals surface area contributed by atoms with Crippen molar-refractivity contribution < 1.29 is 4.39 Å². The molecule has 0 radical (unpaired) electrons. The van der Waals surface area contributed by atoms with E-state index in [2.05, 4.69) is 27.7 Å². The summed E-state index contributed by atoms with van der Waals surface area (Å²) in [6.07, 6.45) is 3.60. The minimum Gasteiger partial charge on any atom is -0.244 e. The van der Waals surface area contributed by atoms with Crippen LogP contribution in [0.1, 0.15) is 67.2 Å². The summed E-state index contributed by atoms with van der Waals surface area (Å²) in [4.78, 5) is 0. The molecule has 0 rings (SSSR count). The summed E-state index contributed by atoms with van der Waals surface area (Å²) in [6, 6.07) is 0. The van der Waals surface area contributed by atoms with E-state index in [4.69, 9.17) is 0 Å². The molecule has 0 aromatic carbocycles. The number of halogens is 1. The Morgan fingerprint density at radius 3 is 1.77 bits per heavy atom. The van der Waals surface area contributed by atoms with Crippen molar-refractivity contribution in [2.24, 2.45) is 5.92 Å². The third-order valence-electron chi connectivity index (χ3n) is 1.98. The monoisotopic (exact) mass is 190 g/mol. The van der Waals surface area contributed by atoms with Gasteiger partial charge in [0.15, 0.2) is 0 Å². The van der Waals surface area contributed by atoms with Gasteiger partial charge in [0, 0.05) is 0 Å². The van der Waals surface area contributed by atoms with Crippen LogP contribution in [0.25, 0.3) is 0 Å². The van der Waals surface area contributed by atoms with Crippen LogP contribution in [-0.4, -0.2) is 5.67 Å². The van der Waals surface area contributed by atoms with Crippen molar-refractivity contribution in [2.45, 2.75) is 72.9 Å². The highest BCUT2D eigenvalue weighted by Gasteiger charge is 2.19. The maximum absolute atomic E-state index is 13.2. The van der Waals surface area contributed by atoms with Crippen LogP contribution in [0.3, 0.4) is 0 Å². The SMILES string of the molecule is CCC.CCC(C)(F)CCC(C)C. The van der Waals surface area contributed by atoms with E-state index in [1.807, 2.05) is 6.92 Å². The molecule has 13 heavy (non-hydrogen) atoms. The zero-order valence-electron chi connectivity index (χ0n) is 10.3. The lowest BCUT2D eigenvalue weighted by Crippen LogP contribution is -2.16. The Bertz CT molecular complexity index is 95.3. The molecule has 0 amide bonds. The topological polar surface area (TPSA) is 0 Å². The second-order valence-corrected chi connectivity index (χ2v) is 4.41. The molecule has 0 aliphatic heterocycles. The molecule has 0 heterocycles. The highest BCUT2D eigenvalue weighted by molar-refractivity contribution is 4.70. The van der Waals surface area contributed by atoms with Crippen LogP contribution in [0, 0.1) is 5.92 Å². The second kappa shape index (κ2) is 8.52. The van der Waals surface area contributed by atoms with Crippen LogP contribution in [-0.2, 0) is 0 Å². The first-order valence-corrected chi connectivity index (χ1v) is 5.58. The van der Waals surface area contributed by atoms with Crippen molar-refractivity contribution >= 4 is 0 Å². The normalized spacial score (nSPS) is 14.8. The van der Waals surface area contributed by atoms with Crippen molar-refractivity contribution in [3.05, 3.63) is 0 Å². The largest absolute Gasteiger partial charge is 0.244 e. The summed E-state index contributed by atoms with van der Waals surface area (Å²) >= 11 is 0. The van der Waals surface area contributed by atoms with E-state index in [-0.39, 0.29) is 0 Å². The fourth-order valence-corrected chi connectivity index (χ4v) is 0.766. The number of hydrogen-bond donors (Lipinski definition) is 0. The van der Waals surface area contributed by atoms with Gasteiger partial charge in [0.25, 0.3) is 0 Å². The van der Waals surface area contributed by atoms with E-state index in [9.17, 15) is 4.39 Å². The molecule has 0 nitrogen and oxygen atoms in total. The van der Waals surface area contributed by atoms with Gasteiger partial charge in [-0.15, -0.1) is 0 Å². The number of hydrogen-bond acceptors (Lipinski definition) is 0. The summed E-state index contributed by atoms with van der Waals surface area (Å²) in [6.45, 7) is 12.1. The molecule has 0 aromatic rings. The van der Waals surface area contributed by atoms with E-state index in [1.54, 1.807) is 6.92 Å². The van der Waals surface area contributed by atoms with Gasteiger partial charge < -0.3 is 0 Å². The zero-order valence-corrected chi connectivity index (χ0v) is 10.3. The molecule has 0 aliphatic carbocycles. The van der Waals surface area contributed by atoms with Gasteiger partial charge in [0.2, 0.25) is 0 Å². The molecule has 0 aliphatic rings. The maximum atomic E-state index is 13.2. The van der Waals surface area contributed by atoms with Crippen LogP contribution in [0.15, 0.2) is 0 Å². The highest BCUT2D eigenvalue weighted by atomic mass is 19.1. The lowest BCUT2D eigenvalue weighted by molar-refractivity contribution is 0.158. The van der Waals surface area contributed by atoms with E-state index in [0.29, 0.717) is 18.8 Å². The Kier molecular flexibility index (Phi) is 10.1. The predicted octanol–water partition coefficient (Wildman–Crippen LogP) is 4.98. The van der Waals surface area contributed by atoms with Gasteiger partial charge in [-0.2, -0.15) is 0 Å². The third-order valence-corrected chi connectivity index (χ3v) is 1.98. The van der Waals surface area contributed by atoms with Crippen molar-refractivity contribution in [2.75, 3.05) is 0 Å². The molecular weight excluding hydrogens is 163 g/mol. The average Bonchev–Trinajstić information content (AvgIpc) is 2.03. The van der Waals surface area contributed by atoms with Gasteiger partial charge in [-0.05, 0) is 32.1 Å². The minimum absolute atomic E-state index is 0.627. The quantitative estimate of drug-likeness (QED) is 0.586. The number of alkyl halides is 1. The van der Waals surface area contributed by atoms with Crippen LogP contribution < -0.4 is 0 Å². The molecule has 1 atom stereocenters. The van der Waals surface area contributed by atoms with Crippen LogP contribution in [0.5, 0.6) is 0 Å². The van der Waals surface area contributed by atoms with Crippen LogP contribution in [0.4, 0.5) is 4.39 Å². The van der Waals surface area contributed by atoms with Crippen molar-refractivity contribution in [3.8, 4) is 0 Å². The average molecular weight is 190 g/mol. The van der Waals surface area contributed by atoms with Gasteiger partial charge in [0.05, 0.1) is 0 Å². The van der Waals surface area contributed by atoms with Crippen LogP contribution >= 0.6 is 0 Å². The van der Waals surface area contributed by atoms with Crippen molar-refractivity contribution in [1.82, 2.24) is 0 Å². The molecule has 1 heteroatoms. The first kappa shape index (κ1) is 15.4. The van der Waals surface area contributed by atoms with E-state index in [1.165, 1.54) is 6.42 Å². The van der Waals surface area contributed by atoms with Gasteiger partial charge in [-0.25, -0.2) is 4.39 Å². The van der Waals surface area contributed by atoms with Gasteiger partial charge in [-0.1, -0.05) is 41.0 Å². The lowest BCUT2D eigenvalue weighted by Gasteiger charge is -2.18. The second-order valence-electron chi connectivity index (χ2n) is 4.41. The van der Waals surface area contributed by atoms with E-state index >= 15 is 0 Å². The Morgan fingerprint density at radius 2 is 1.54 bits per heavy atom. The summed E-state index contributed by atoms with van der Waals surface area (Å²) in [5.41, 5.74) is -0.926. The number of rotatable bonds is 4. The third kappa shape index (κ3) is 14.8. The molecule has 0 aromatic heterocycles. The molecule has 0 spiro atoms. The smallest absolute Gasteiger partial charge is 0.108 e. The molecule has 82 valence electrons. The predicted molar refractivity (Wildman–Crippen MR) is 59.8 cm³/mol. The first-order chi connectivity index (χ1) is 5.89. The lowest BCUT2D eigenvalue weighted by atomic mass is 9.95. The molecule has 0 saturated heterocycles. The van der Waals surface area contributed by atoms with Gasteiger partial charge >= 0.3 is 0 Å². The van der Waals surface area contributed by atoms with Crippen molar-refractivity contribution in [1.29, 1.82) is 0 Å². The minimum atomic E-state index is -0.926. The first-order valence-electron chi connectivity index (χ1n) is 5.58. The van der Waals surface area contributed by atoms with Crippen LogP contribution in [0.2, 0.25) is 0 Å². The molecule has 1 unspecified atom stereocenters.